The minimum atomic E-state index is -6.38. The zero-order valence-electron chi connectivity index (χ0n) is 3.63. The fraction of sp³-hybridized carbons (Fsp3) is 0. The van der Waals surface area contributed by atoms with Crippen molar-refractivity contribution >= 4 is 18.4 Å². The molecule has 0 bridgehead atoms. The Kier molecular flexibility index (Phi) is 2.24. The van der Waals surface area contributed by atoms with Crippen LogP contribution in [0.4, 0.5) is 16.5 Å². The fourth-order valence-corrected chi connectivity index (χ4v) is 0.995. The highest BCUT2D eigenvalue weighted by molar-refractivity contribution is 7.88. The minimum Gasteiger partial charge on any atom is -0.169 e. The van der Waals surface area contributed by atoms with Crippen LogP contribution in [-0.4, -0.2) is 8.42 Å². The van der Waals surface area contributed by atoms with Gasteiger partial charge in [-0.05, 0) is 0 Å². The van der Waals surface area contributed by atoms with Gasteiger partial charge in [0.25, 0.3) is 0 Å². The van der Waals surface area contributed by atoms with Crippen molar-refractivity contribution < 1.29 is 24.9 Å². The Labute approximate surface area is 48.4 Å². The molecule has 0 fully saturated rings. The van der Waals surface area contributed by atoms with Crippen molar-refractivity contribution in [2.24, 2.45) is 4.15 Å². The van der Waals surface area contributed by atoms with Crippen LogP contribution in [0, 0.1) is 0 Å². The predicted molar refractivity (Wildman–Crippen MR) is 22.7 cm³/mol. The van der Waals surface area contributed by atoms with Crippen LogP contribution in [0.5, 0.6) is 0 Å². The molecule has 0 unspecified atom stereocenters. The maximum absolute atomic E-state index is 11.0. The van der Waals surface area contributed by atoms with E-state index in [1.165, 1.54) is 0 Å². The van der Waals surface area contributed by atoms with Gasteiger partial charge in [-0.1, -0.05) is 8.04 Å². The topological polar surface area (TPSA) is 46.5 Å². The molecule has 9 heavy (non-hydrogen) atoms. The Morgan fingerprint density at radius 2 is 1.56 bits per heavy atom. The summed E-state index contributed by atoms with van der Waals surface area (Å²) in [5.41, 5.74) is 0. The van der Waals surface area contributed by atoms with Gasteiger partial charge < -0.3 is 0 Å². The molecule has 0 aliphatic heterocycles. The molecular formula is F4NO2PS. The first-order chi connectivity index (χ1) is 3.71. The molecule has 0 amide bonds. The third-order valence-electron chi connectivity index (χ3n) is 0.190. The van der Waals surface area contributed by atoms with Gasteiger partial charge in [0.2, 0.25) is 0 Å². The molecule has 0 heterocycles. The molecular weight excluding hydrogens is 185 g/mol. The van der Waals surface area contributed by atoms with E-state index in [0.717, 1.165) is 4.15 Å². The van der Waals surface area contributed by atoms with Gasteiger partial charge in [0, 0.05) is 0 Å². The Morgan fingerprint density at radius 1 is 1.22 bits per heavy atom. The highest BCUT2D eigenvalue weighted by atomic mass is 32.3. The molecule has 0 radical (unpaired) electrons. The maximum Gasteiger partial charge on any atom is 0.488 e. The van der Waals surface area contributed by atoms with Crippen molar-refractivity contribution in [2.75, 3.05) is 0 Å². The molecule has 0 saturated heterocycles. The van der Waals surface area contributed by atoms with Crippen LogP contribution in [-0.2, 0) is 10.4 Å². The third kappa shape index (κ3) is 7.90. The number of rotatable bonds is 1. The van der Waals surface area contributed by atoms with E-state index in [2.05, 4.69) is 0 Å². The van der Waals surface area contributed by atoms with Crippen LogP contribution < -0.4 is 0 Å². The second-order valence-electron chi connectivity index (χ2n) is 0.912. The van der Waals surface area contributed by atoms with Crippen molar-refractivity contribution in [3.05, 3.63) is 0 Å². The van der Waals surface area contributed by atoms with E-state index in [0.29, 0.717) is 0 Å². The van der Waals surface area contributed by atoms with Crippen LogP contribution in [0.15, 0.2) is 4.15 Å². The normalized spacial score (nSPS) is 13.3. The number of hydrogen-bond donors (Lipinski definition) is 0. The first-order valence-electron chi connectivity index (χ1n) is 1.38. The summed E-state index contributed by atoms with van der Waals surface area (Å²) in [6.07, 6.45) is 0. The monoisotopic (exact) mass is 185 g/mol. The lowest BCUT2D eigenvalue weighted by Crippen LogP contribution is -1.78. The smallest absolute Gasteiger partial charge is 0.169 e. The summed E-state index contributed by atoms with van der Waals surface area (Å²) in [5, 5.41) is 0. The Morgan fingerprint density at radius 3 is 1.56 bits per heavy atom. The molecule has 56 valence electrons. The predicted octanol–water partition coefficient (Wildman–Crippen LogP) is 2.06. The summed E-state index contributed by atoms with van der Waals surface area (Å²) >= 11 is 0. The van der Waals surface area contributed by atoms with Crippen LogP contribution in [0.2, 0.25) is 0 Å². The number of halogens is 4. The Bertz CT molecular complexity index is 227. The average molecular weight is 185 g/mol. The first-order valence-corrected chi connectivity index (χ1v) is 4.13. The van der Waals surface area contributed by atoms with Gasteiger partial charge in [0.15, 0.2) is 0 Å². The van der Waals surface area contributed by atoms with Crippen LogP contribution in [0.3, 0.4) is 0 Å². The van der Waals surface area contributed by atoms with Crippen molar-refractivity contribution in [1.29, 1.82) is 0 Å². The molecule has 3 nitrogen and oxygen atoms in total. The maximum atomic E-state index is 11.0. The number of hydrogen-bond acceptors (Lipinski definition) is 2. The molecule has 0 spiro atoms. The molecule has 0 saturated carbocycles. The standard InChI is InChI=1S/F4NO2PS/c1-8(2,3)5-9(4,6)7. The summed E-state index contributed by atoms with van der Waals surface area (Å²) in [7, 11) is -12.1. The van der Waals surface area contributed by atoms with E-state index >= 15 is 0 Å². The summed E-state index contributed by atoms with van der Waals surface area (Å²) in [6, 6.07) is 0. The van der Waals surface area contributed by atoms with Gasteiger partial charge in [-0.2, -0.15) is 8.42 Å². The van der Waals surface area contributed by atoms with Gasteiger partial charge in [-0.25, -0.2) is 0 Å². The van der Waals surface area contributed by atoms with Gasteiger partial charge in [0.05, 0.1) is 0 Å². The summed E-state index contributed by atoms with van der Waals surface area (Å²) in [6.45, 7) is 0. The van der Waals surface area contributed by atoms with E-state index in [1.807, 2.05) is 0 Å². The second kappa shape index (κ2) is 2.26. The molecule has 9 heteroatoms. The van der Waals surface area contributed by atoms with Crippen molar-refractivity contribution in [3.63, 3.8) is 0 Å². The third-order valence-corrected chi connectivity index (χ3v) is 1.71. The quantitative estimate of drug-likeness (QED) is 0.356. The second-order valence-corrected chi connectivity index (χ2v) is 3.23. The number of nitrogens with zero attached hydrogens (tertiary/aromatic N) is 1. The average Bonchev–Trinajstić information content (AvgIpc) is 1.14. The summed E-state index contributed by atoms with van der Waals surface area (Å²) < 4.78 is 62.8. The van der Waals surface area contributed by atoms with Crippen LogP contribution in [0.1, 0.15) is 0 Å². The molecule has 0 aromatic heterocycles. The lowest BCUT2D eigenvalue weighted by molar-refractivity contribution is 0.550. The largest absolute Gasteiger partial charge is 0.488 e. The zero-order valence-corrected chi connectivity index (χ0v) is 5.34. The highest BCUT2D eigenvalue weighted by Gasteiger charge is 2.20. The lowest BCUT2D eigenvalue weighted by Gasteiger charge is -1.84. The molecule has 0 N–H and O–H groups in total. The van der Waals surface area contributed by atoms with Crippen molar-refractivity contribution in [1.82, 2.24) is 0 Å². The lowest BCUT2D eigenvalue weighted by atomic mass is 13.9. The van der Waals surface area contributed by atoms with Crippen molar-refractivity contribution in [2.45, 2.75) is 0 Å². The fourth-order valence-electron chi connectivity index (χ4n) is 0.111. The van der Waals surface area contributed by atoms with E-state index in [1.54, 1.807) is 0 Å². The van der Waals surface area contributed by atoms with E-state index in [9.17, 15) is 16.5 Å². The van der Waals surface area contributed by atoms with Crippen molar-refractivity contribution in [3.8, 4) is 0 Å². The zero-order chi connectivity index (χ0) is 7.71. The SMILES string of the molecule is O=S(=O)(F)N=P(F)(F)F. The molecule has 0 aromatic carbocycles. The highest BCUT2D eigenvalue weighted by Crippen LogP contribution is 2.55. The van der Waals surface area contributed by atoms with Gasteiger partial charge in [-0.15, -0.1) is 12.6 Å². The van der Waals surface area contributed by atoms with E-state index in [4.69, 9.17) is 8.42 Å². The Balaban J connectivity index is 4.76. The van der Waals surface area contributed by atoms with Gasteiger partial charge in [0.1, 0.15) is 0 Å². The van der Waals surface area contributed by atoms with E-state index < -0.39 is 18.4 Å². The molecule has 0 rings (SSSR count). The van der Waals surface area contributed by atoms with E-state index in [-0.39, 0.29) is 0 Å². The Hall–Kier alpha value is -0.100. The summed E-state index contributed by atoms with van der Waals surface area (Å²) in [4.78, 5) is 0. The van der Waals surface area contributed by atoms with Gasteiger partial charge in [-0.3, -0.25) is 0 Å². The molecule has 0 aliphatic carbocycles. The molecule has 0 atom stereocenters. The molecule has 0 aliphatic rings. The minimum absolute atomic E-state index is 0.958. The summed E-state index contributed by atoms with van der Waals surface area (Å²) in [5.74, 6) is 0. The van der Waals surface area contributed by atoms with Gasteiger partial charge >= 0.3 is 18.4 Å². The van der Waals surface area contributed by atoms with Crippen LogP contribution in [0.25, 0.3) is 0 Å². The van der Waals surface area contributed by atoms with Crippen LogP contribution >= 0.6 is 7.99 Å². The molecule has 0 aromatic rings. The first kappa shape index (κ1) is 8.90.